The zero-order chi connectivity index (χ0) is 18.8. The van der Waals surface area contributed by atoms with Crippen LogP contribution in [0.15, 0.2) is 23.1 Å². The van der Waals surface area contributed by atoms with Gasteiger partial charge in [0.25, 0.3) is 5.91 Å². The average molecular weight is 382 g/mol. The van der Waals surface area contributed by atoms with E-state index in [9.17, 15) is 13.2 Å². The maximum atomic E-state index is 12.8. The van der Waals surface area contributed by atoms with Crippen LogP contribution in [0.3, 0.4) is 0 Å². The van der Waals surface area contributed by atoms with Crippen molar-refractivity contribution in [1.82, 2.24) is 9.29 Å². The van der Waals surface area contributed by atoms with Crippen molar-refractivity contribution in [2.24, 2.45) is 0 Å². The summed E-state index contributed by atoms with van der Waals surface area (Å²) in [7, 11) is -3.59. The van der Waals surface area contributed by atoms with Gasteiger partial charge in [0.15, 0.2) is 0 Å². The van der Waals surface area contributed by atoms with Crippen molar-refractivity contribution in [1.29, 1.82) is 0 Å². The summed E-state index contributed by atoms with van der Waals surface area (Å²) in [4.78, 5) is 17.4. The van der Waals surface area contributed by atoms with Crippen LogP contribution in [0, 0.1) is 20.8 Å². The van der Waals surface area contributed by atoms with Crippen molar-refractivity contribution in [2.75, 3.05) is 18.4 Å². The maximum Gasteiger partial charge on any atom is 0.267 e. The minimum absolute atomic E-state index is 0.214. The van der Waals surface area contributed by atoms with Crippen LogP contribution in [0.1, 0.15) is 39.8 Å². The number of benzene rings is 1. The molecule has 0 fully saturated rings. The minimum Gasteiger partial charge on any atom is -0.321 e. The molecule has 0 bridgehead atoms. The number of nitrogens with zero attached hydrogens (tertiary/aromatic N) is 2. The standard InChI is InChI=1S/C17H23N3O3S2/c1-6-20(7-2)25(22,23)15-10-14(9-8-11(15)3)19-17(21)16-12(4)18-13(5)24-16/h8-10H,6-7H2,1-5H3,(H,19,21). The number of aromatic nitrogens is 1. The van der Waals surface area contributed by atoms with Crippen LogP contribution in [-0.2, 0) is 10.0 Å². The zero-order valence-corrected chi connectivity index (χ0v) is 16.7. The number of carbonyl (C=O) groups excluding carboxylic acids is 1. The molecule has 8 heteroatoms. The Hall–Kier alpha value is -1.77. The number of thiazole rings is 1. The average Bonchev–Trinajstić information content (AvgIpc) is 2.88. The summed E-state index contributed by atoms with van der Waals surface area (Å²) in [5, 5.41) is 3.59. The van der Waals surface area contributed by atoms with Crippen LogP contribution in [0.5, 0.6) is 0 Å². The van der Waals surface area contributed by atoms with Crippen molar-refractivity contribution in [3.05, 3.63) is 39.3 Å². The second-order valence-electron chi connectivity index (χ2n) is 5.67. The molecule has 2 aromatic rings. The molecule has 0 saturated carbocycles. The van der Waals surface area contributed by atoms with Crippen molar-refractivity contribution in [3.8, 4) is 0 Å². The van der Waals surface area contributed by atoms with Gasteiger partial charge in [0.1, 0.15) is 4.88 Å². The Morgan fingerprint density at radius 2 is 1.84 bits per heavy atom. The van der Waals surface area contributed by atoms with E-state index in [1.54, 1.807) is 39.8 Å². The van der Waals surface area contributed by atoms with Crippen LogP contribution in [0.25, 0.3) is 0 Å². The summed E-state index contributed by atoms with van der Waals surface area (Å²) in [5.74, 6) is -0.279. The second kappa shape index (κ2) is 7.63. The molecule has 1 N–H and O–H groups in total. The molecule has 0 spiro atoms. The molecule has 1 heterocycles. The first-order valence-electron chi connectivity index (χ1n) is 8.06. The molecule has 25 heavy (non-hydrogen) atoms. The van der Waals surface area contributed by atoms with E-state index < -0.39 is 10.0 Å². The number of nitrogens with one attached hydrogen (secondary N) is 1. The molecule has 0 aliphatic carbocycles. The smallest absolute Gasteiger partial charge is 0.267 e. The Kier molecular flexibility index (Phi) is 5.97. The van der Waals surface area contributed by atoms with E-state index in [-0.39, 0.29) is 10.8 Å². The highest BCUT2D eigenvalue weighted by Crippen LogP contribution is 2.25. The molecule has 1 aromatic carbocycles. The number of amides is 1. The zero-order valence-electron chi connectivity index (χ0n) is 15.1. The lowest BCUT2D eigenvalue weighted by atomic mass is 10.2. The fourth-order valence-corrected chi connectivity index (χ4v) is 5.11. The molecular formula is C17H23N3O3S2. The van der Waals surface area contributed by atoms with Gasteiger partial charge in [-0.25, -0.2) is 13.4 Å². The summed E-state index contributed by atoms with van der Waals surface area (Å²) >= 11 is 1.32. The van der Waals surface area contributed by atoms with Crippen LogP contribution < -0.4 is 5.32 Å². The Bertz CT molecular complexity index is 885. The highest BCUT2D eigenvalue weighted by Gasteiger charge is 2.24. The van der Waals surface area contributed by atoms with E-state index in [2.05, 4.69) is 10.3 Å². The highest BCUT2D eigenvalue weighted by molar-refractivity contribution is 7.89. The van der Waals surface area contributed by atoms with Gasteiger partial charge in [-0.1, -0.05) is 19.9 Å². The molecule has 1 amide bonds. The fraction of sp³-hybridized carbons (Fsp3) is 0.412. The first-order valence-corrected chi connectivity index (χ1v) is 10.3. The molecule has 1 aromatic heterocycles. The van der Waals surface area contributed by atoms with Crippen molar-refractivity contribution >= 4 is 33.0 Å². The fourth-order valence-electron chi connectivity index (χ4n) is 2.59. The van der Waals surface area contributed by atoms with E-state index in [1.807, 2.05) is 6.92 Å². The topological polar surface area (TPSA) is 79.4 Å². The summed E-state index contributed by atoms with van der Waals surface area (Å²) < 4.78 is 27.0. The molecule has 0 saturated heterocycles. The summed E-state index contributed by atoms with van der Waals surface area (Å²) in [6, 6.07) is 4.93. The van der Waals surface area contributed by atoms with Gasteiger partial charge in [-0.05, 0) is 38.5 Å². The predicted molar refractivity (Wildman–Crippen MR) is 101 cm³/mol. The SMILES string of the molecule is CCN(CC)S(=O)(=O)c1cc(NC(=O)c2sc(C)nc2C)ccc1C. The first kappa shape index (κ1) is 19.6. The van der Waals surface area contributed by atoms with Gasteiger partial charge in [0.2, 0.25) is 10.0 Å². The number of hydrogen-bond donors (Lipinski definition) is 1. The van der Waals surface area contributed by atoms with Crippen molar-refractivity contribution in [3.63, 3.8) is 0 Å². The largest absolute Gasteiger partial charge is 0.321 e. The van der Waals surface area contributed by atoms with E-state index in [1.165, 1.54) is 21.7 Å². The lowest BCUT2D eigenvalue weighted by molar-refractivity contribution is 0.102. The highest BCUT2D eigenvalue weighted by atomic mass is 32.2. The van der Waals surface area contributed by atoms with E-state index >= 15 is 0 Å². The van der Waals surface area contributed by atoms with Gasteiger partial charge >= 0.3 is 0 Å². The summed E-state index contributed by atoms with van der Waals surface area (Å²) in [5.41, 5.74) is 1.77. The number of sulfonamides is 1. The maximum absolute atomic E-state index is 12.8. The van der Waals surface area contributed by atoms with Crippen LogP contribution >= 0.6 is 11.3 Å². The van der Waals surface area contributed by atoms with Gasteiger partial charge in [-0.2, -0.15) is 4.31 Å². The van der Waals surface area contributed by atoms with Gasteiger partial charge < -0.3 is 5.32 Å². The van der Waals surface area contributed by atoms with Crippen LogP contribution in [0.4, 0.5) is 5.69 Å². The van der Waals surface area contributed by atoms with Gasteiger partial charge in [-0.3, -0.25) is 4.79 Å². The molecule has 0 atom stereocenters. The minimum atomic E-state index is -3.59. The summed E-state index contributed by atoms with van der Waals surface area (Å²) in [6.45, 7) is 9.77. The lowest BCUT2D eigenvalue weighted by Gasteiger charge is -2.20. The molecule has 6 nitrogen and oxygen atoms in total. The number of carbonyl (C=O) groups is 1. The van der Waals surface area contributed by atoms with E-state index in [0.717, 1.165) is 5.01 Å². The molecule has 2 rings (SSSR count). The number of rotatable bonds is 6. The quantitative estimate of drug-likeness (QED) is 0.832. The Morgan fingerprint density at radius 3 is 2.36 bits per heavy atom. The third-order valence-electron chi connectivity index (χ3n) is 3.88. The predicted octanol–water partition coefficient (Wildman–Crippen LogP) is 3.35. The van der Waals surface area contributed by atoms with E-state index in [0.29, 0.717) is 34.9 Å². The number of aryl methyl sites for hydroxylation is 3. The lowest BCUT2D eigenvalue weighted by Crippen LogP contribution is -2.31. The van der Waals surface area contributed by atoms with Crippen LogP contribution in [-0.4, -0.2) is 36.7 Å². The molecule has 0 radical (unpaired) electrons. The van der Waals surface area contributed by atoms with Crippen molar-refractivity contribution in [2.45, 2.75) is 39.5 Å². The molecule has 0 aliphatic rings. The molecular weight excluding hydrogens is 358 g/mol. The molecule has 0 unspecified atom stereocenters. The van der Waals surface area contributed by atoms with E-state index in [4.69, 9.17) is 0 Å². The Balaban J connectivity index is 2.36. The van der Waals surface area contributed by atoms with Crippen molar-refractivity contribution < 1.29 is 13.2 Å². The normalized spacial score (nSPS) is 11.8. The number of hydrogen-bond acceptors (Lipinski definition) is 5. The van der Waals surface area contributed by atoms with Gasteiger partial charge in [0.05, 0.1) is 15.6 Å². The summed E-state index contributed by atoms with van der Waals surface area (Å²) in [6.07, 6.45) is 0. The Labute approximate surface area is 153 Å². The molecule has 0 aliphatic heterocycles. The first-order chi connectivity index (χ1) is 11.7. The molecule has 136 valence electrons. The third-order valence-corrected chi connectivity index (χ3v) is 7.14. The Morgan fingerprint density at radius 1 is 1.20 bits per heavy atom. The monoisotopic (exact) mass is 381 g/mol. The van der Waals surface area contributed by atoms with Gasteiger partial charge in [-0.15, -0.1) is 11.3 Å². The second-order valence-corrected chi connectivity index (χ2v) is 8.78. The van der Waals surface area contributed by atoms with Crippen LogP contribution in [0.2, 0.25) is 0 Å². The van der Waals surface area contributed by atoms with Gasteiger partial charge in [0, 0.05) is 18.8 Å². The number of anilines is 1. The third kappa shape index (κ3) is 4.08.